The molecular weight excluding hydrogens is 274 g/mol. The third-order valence-electron chi connectivity index (χ3n) is 4.86. The molecule has 1 aromatic heterocycles. The van der Waals surface area contributed by atoms with Gasteiger partial charge in [-0.1, -0.05) is 0 Å². The van der Waals surface area contributed by atoms with Crippen LogP contribution in [0.3, 0.4) is 0 Å². The van der Waals surface area contributed by atoms with Gasteiger partial charge in [-0.05, 0) is 50.4 Å². The van der Waals surface area contributed by atoms with Gasteiger partial charge < -0.3 is 9.47 Å². The molecule has 108 valence electrons. The molecule has 0 amide bonds. The highest BCUT2D eigenvalue weighted by Crippen LogP contribution is 2.46. The van der Waals surface area contributed by atoms with Crippen molar-refractivity contribution in [2.75, 3.05) is 6.61 Å². The number of nitrogens with zero attached hydrogens (tertiary/aromatic N) is 1. The molecule has 3 aliphatic rings. The van der Waals surface area contributed by atoms with Crippen LogP contribution in [-0.4, -0.2) is 23.7 Å². The van der Waals surface area contributed by atoms with Crippen LogP contribution in [0.5, 0.6) is 0 Å². The second kappa shape index (κ2) is 5.11. The Balaban J connectivity index is 1.41. The maximum Gasteiger partial charge on any atom is 0.350 e. The van der Waals surface area contributed by atoms with Gasteiger partial charge in [-0.2, -0.15) is 0 Å². The van der Waals surface area contributed by atoms with Crippen LogP contribution in [-0.2, 0) is 9.47 Å². The van der Waals surface area contributed by atoms with Gasteiger partial charge in [-0.3, -0.25) is 0 Å². The van der Waals surface area contributed by atoms with Crippen LogP contribution in [0.4, 0.5) is 0 Å². The van der Waals surface area contributed by atoms with Crippen LogP contribution in [0, 0.1) is 11.8 Å². The van der Waals surface area contributed by atoms with Crippen molar-refractivity contribution in [3.8, 4) is 0 Å². The smallest absolute Gasteiger partial charge is 0.350 e. The van der Waals surface area contributed by atoms with Crippen LogP contribution < -0.4 is 0 Å². The lowest BCUT2D eigenvalue weighted by molar-refractivity contribution is 0.0164. The Morgan fingerprint density at radius 1 is 1.35 bits per heavy atom. The summed E-state index contributed by atoms with van der Waals surface area (Å²) in [6.07, 6.45) is 8.84. The summed E-state index contributed by atoms with van der Waals surface area (Å²) in [6.45, 7) is 0.801. The molecule has 2 heterocycles. The van der Waals surface area contributed by atoms with Gasteiger partial charge >= 0.3 is 5.97 Å². The number of carbonyl (C=O) groups excluding carboxylic acids is 1. The minimum absolute atomic E-state index is 0.0871. The molecule has 5 heteroatoms. The van der Waals surface area contributed by atoms with E-state index in [-0.39, 0.29) is 18.2 Å². The topological polar surface area (TPSA) is 48.4 Å². The number of rotatable bonds is 3. The van der Waals surface area contributed by atoms with Crippen molar-refractivity contribution >= 4 is 17.3 Å². The van der Waals surface area contributed by atoms with E-state index in [4.69, 9.17) is 9.47 Å². The lowest BCUT2D eigenvalue weighted by atomic mass is 9.98. The molecular formula is C15H19NO3S. The van der Waals surface area contributed by atoms with E-state index in [0.717, 1.165) is 36.8 Å². The van der Waals surface area contributed by atoms with Crippen molar-refractivity contribution in [1.29, 1.82) is 0 Å². The number of hydrogen-bond donors (Lipinski definition) is 0. The summed E-state index contributed by atoms with van der Waals surface area (Å²) in [5.74, 6) is 1.21. The summed E-state index contributed by atoms with van der Waals surface area (Å²) < 4.78 is 11.3. The summed E-state index contributed by atoms with van der Waals surface area (Å²) in [5, 5.41) is 0.919. The summed E-state index contributed by atoms with van der Waals surface area (Å²) in [5.41, 5.74) is 0. The van der Waals surface area contributed by atoms with Gasteiger partial charge in [0, 0.05) is 6.61 Å². The highest BCUT2D eigenvalue weighted by atomic mass is 32.1. The molecule has 1 aliphatic heterocycles. The lowest BCUT2D eigenvalue weighted by Gasteiger charge is -2.21. The lowest BCUT2D eigenvalue weighted by Crippen LogP contribution is -2.23. The third-order valence-corrected chi connectivity index (χ3v) is 5.93. The Bertz CT molecular complexity index is 509. The molecule has 0 radical (unpaired) electrons. The first kappa shape index (κ1) is 12.8. The van der Waals surface area contributed by atoms with Crippen LogP contribution in [0.25, 0.3) is 0 Å². The summed E-state index contributed by atoms with van der Waals surface area (Å²) in [7, 11) is 0. The number of carbonyl (C=O) groups is 1. The Morgan fingerprint density at radius 2 is 2.30 bits per heavy atom. The van der Waals surface area contributed by atoms with Crippen LogP contribution >= 0.6 is 11.3 Å². The molecule has 1 saturated heterocycles. The zero-order valence-electron chi connectivity index (χ0n) is 11.4. The average Bonchev–Trinajstić information content (AvgIpc) is 3.21. The minimum atomic E-state index is -0.190. The molecule has 2 aliphatic carbocycles. The summed E-state index contributed by atoms with van der Waals surface area (Å²) >= 11 is 1.43. The van der Waals surface area contributed by atoms with Gasteiger partial charge in [-0.15, -0.1) is 11.3 Å². The SMILES string of the molecule is O=C(O[C@H]1C[C@H]2CC[C@H]1C2)c1cnc([C@@H]2CCCO2)s1. The molecule has 3 fully saturated rings. The van der Waals surface area contributed by atoms with Crippen LogP contribution in [0.1, 0.15) is 59.3 Å². The van der Waals surface area contributed by atoms with Gasteiger partial charge in [0.1, 0.15) is 22.1 Å². The highest BCUT2D eigenvalue weighted by molar-refractivity contribution is 7.13. The highest BCUT2D eigenvalue weighted by Gasteiger charge is 2.42. The molecule has 20 heavy (non-hydrogen) atoms. The molecule has 0 unspecified atom stereocenters. The maximum absolute atomic E-state index is 12.2. The summed E-state index contributed by atoms with van der Waals surface area (Å²) in [6, 6.07) is 0. The molecule has 4 nitrogen and oxygen atoms in total. The van der Waals surface area contributed by atoms with E-state index in [1.54, 1.807) is 6.20 Å². The predicted molar refractivity (Wildman–Crippen MR) is 74.7 cm³/mol. The van der Waals surface area contributed by atoms with Crippen molar-refractivity contribution in [3.05, 3.63) is 16.1 Å². The Morgan fingerprint density at radius 3 is 3.00 bits per heavy atom. The zero-order chi connectivity index (χ0) is 13.5. The van der Waals surface area contributed by atoms with Gasteiger partial charge in [0.2, 0.25) is 0 Å². The Kier molecular flexibility index (Phi) is 3.27. The van der Waals surface area contributed by atoms with Gasteiger partial charge in [0.15, 0.2) is 0 Å². The molecule has 0 spiro atoms. The monoisotopic (exact) mass is 293 g/mol. The Labute approximate surface area is 122 Å². The fourth-order valence-corrected chi connectivity index (χ4v) is 4.71. The number of fused-ring (bicyclic) bond motifs is 2. The fourth-order valence-electron chi connectivity index (χ4n) is 3.83. The molecule has 0 aromatic carbocycles. The van der Waals surface area contributed by atoms with E-state index in [1.165, 1.54) is 30.6 Å². The first-order chi connectivity index (χ1) is 9.79. The van der Waals surface area contributed by atoms with Gasteiger partial charge in [-0.25, -0.2) is 9.78 Å². The van der Waals surface area contributed by atoms with E-state index in [0.29, 0.717) is 10.8 Å². The third kappa shape index (κ3) is 2.27. The van der Waals surface area contributed by atoms with E-state index in [1.807, 2.05) is 0 Å². The normalized spacial score (nSPS) is 35.6. The minimum Gasteiger partial charge on any atom is -0.458 e. The number of thiazole rings is 1. The first-order valence-electron chi connectivity index (χ1n) is 7.58. The molecule has 4 atom stereocenters. The van der Waals surface area contributed by atoms with Crippen molar-refractivity contribution in [1.82, 2.24) is 4.98 Å². The van der Waals surface area contributed by atoms with Gasteiger partial charge in [0.25, 0.3) is 0 Å². The van der Waals surface area contributed by atoms with Crippen LogP contribution in [0.2, 0.25) is 0 Å². The standard InChI is InChI=1S/C15H19NO3S/c17-15(19-12-7-9-3-4-10(12)6-9)13-8-16-14(20-13)11-2-1-5-18-11/h8-12H,1-7H2/t9-,10-,11-,12-/m0/s1. The van der Waals surface area contributed by atoms with Gasteiger partial charge in [0.05, 0.1) is 6.20 Å². The van der Waals surface area contributed by atoms with E-state index < -0.39 is 0 Å². The molecule has 2 bridgehead atoms. The predicted octanol–water partition coefficient (Wildman–Crippen LogP) is 3.34. The average molecular weight is 293 g/mol. The van der Waals surface area contributed by atoms with Crippen molar-refractivity contribution < 1.29 is 14.3 Å². The maximum atomic E-state index is 12.2. The molecule has 2 saturated carbocycles. The van der Waals surface area contributed by atoms with E-state index in [9.17, 15) is 4.79 Å². The molecule has 1 aromatic rings. The largest absolute Gasteiger partial charge is 0.458 e. The Hall–Kier alpha value is -0.940. The number of esters is 1. The molecule has 0 N–H and O–H groups in total. The van der Waals surface area contributed by atoms with E-state index >= 15 is 0 Å². The number of ether oxygens (including phenoxy) is 2. The summed E-state index contributed by atoms with van der Waals surface area (Å²) in [4.78, 5) is 17.2. The second-order valence-electron chi connectivity index (χ2n) is 6.18. The van der Waals surface area contributed by atoms with E-state index in [2.05, 4.69) is 4.98 Å². The number of hydrogen-bond acceptors (Lipinski definition) is 5. The van der Waals surface area contributed by atoms with Crippen molar-refractivity contribution in [3.63, 3.8) is 0 Å². The van der Waals surface area contributed by atoms with Crippen LogP contribution in [0.15, 0.2) is 6.20 Å². The van der Waals surface area contributed by atoms with Crippen molar-refractivity contribution in [2.24, 2.45) is 11.8 Å². The molecule has 4 rings (SSSR count). The zero-order valence-corrected chi connectivity index (χ0v) is 12.2. The van der Waals surface area contributed by atoms with Crippen molar-refractivity contribution in [2.45, 2.75) is 50.7 Å². The second-order valence-corrected chi connectivity index (χ2v) is 7.25. The quantitative estimate of drug-likeness (QED) is 0.802. The number of aromatic nitrogens is 1. The first-order valence-corrected chi connectivity index (χ1v) is 8.39. The fraction of sp³-hybridized carbons (Fsp3) is 0.733.